The van der Waals surface area contributed by atoms with Crippen LogP contribution in [0.5, 0.6) is 5.75 Å². The summed E-state index contributed by atoms with van der Waals surface area (Å²) in [5.74, 6) is -0.189. The summed E-state index contributed by atoms with van der Waals surface area (Å²) in [6.45, 7) is 4.65. The molecule has 0 N–H and O–H groups in total. The Morgan fingerprint density at radius 1 is 1.04 bits per heavy atom. The molecule has 0 aliphatic carbocycles. The van der Waals surface area contributed by atoms with Crippen molar-refractivity contribution in [3.63, 3.8) is 0 Å². The van der Waals surface area contributed by atoms with Crippen molar-refractivity contribution in [3.8, 4) is 5.75 Å². The van der Waals surface area contributed by atoms with Crippen LogP contribution >= 0.6 is 0 Å². The van der Waals surface area contributed by atoms with Crippen LogP contribution in [0.15, 0.2) is 35.9 Å². The number of benzene rings is 1. The first-order valence-electron chi connectivity index (χ1n) is 9.17. The van der Waals surface area contributed by atoms with E-state index in [1.165, 1.54) is 6.92 Å². The van der Waals surface area contributed by atoms with Gasteiger partial charge >= 0.3 is 5.97 Å². The molecule has 1 aromatic rings. The Hall–Kier alpha value is -2.67. The van der Waals surface area contributed by atoms with Crippen molar-refractivity contribution < 1.29 is 23.9 Å². The molecule has 7 nitrogen and oxygen atoms in total. The first-order valence-corrected chi connectivity index (χ1v) is 9.17. The maximum Gasteiger partial charge on any atom is 0.308 e. The minimum Gasteiger partial charge on any atom is -0.427 e. The minimum absolute atomic E-state index is 0.0101. The molecule has 0 bridgehead atoms. The van der Waals surface area contributed by atoms with Crippen LogP contribution in [-0.4, -0.2) is 67.0 Å². The normalized spacial score (nSPS) is 17.4. The number of carbonyl (C=O) groups excluding carboxylic acids is 3. The highest BCUT2D eigenvalue weighted by atomic mass is 16.5. The van der Waals surface area contributed by atoms with Gasteiger partial charge in [-0.25, -0.2) is 0 Å². The fourth-order valence-electron chi connectivity index (χ4n) is 3.21. The zero-order chi connectivity index (χ0) is 19.2. The second kappa shape index (κ2) is 8.81. The Morgan fingerprint density at radius 3 is 2.37 bits per heavy atom. The van der Waals surface area contributed by atoms with E-state index in [-0.39, 0.29) is 11.8 Å². The Balaban J connectivity index is 1.56. The quantitative estimate of drug-likeness (QED) is 0.458. The topological polar surface area (TPSA) is 76.2 Å². The Bertz CT molecular complexity index is 742. The van der Waals surface area contributed by atoms with Crippen LogP contribution in [0.25, 0.3) is 0 Å². The van der Waals surface area contributed by atoms with Crippen LogP contribution < -0.4 is 4.74 Å². The van der Waals surface area contributed by atoms with Gasteiger partial charge in [0.25, 0.3) is 5.91 Å². The third-order valence-corrected chi connectivity index (χ3v) is 4.68. The summed E-state index contributed by atoms with van der Waals surface area (Å²) in [5, 5.41) is 0. The lowest BCUT2D eigenvalue weighted by Gasteiger charge is -2.34. The predicted octanol–water partition coefficient (Wildman–Crippen LogP) is 1.63. The molecular weight excluding hydrogens is 348 g/mol. The van der Waals surface area contributed by atoms with Crippen molar-refractivity contribution in [2.24, 2.45) is 0 Å². The van der Waals surface area contributed by atoms with Gasteiger partial charge in [0.05, 0.1) is 13.2 Å². The van der Waals surface area contributed by atoms with Crippen LogP contribution in [0, 0.1) is 0 Å². The van der Waals surface area contributed by atoms with Gasteiger partial charge in [0.2, 0.25) is 5.91 Å². The van der Waals surface area contributed by atoms with Crippen molar-refractivity contribution in [2.45, 2.75) is 19.8 Å². The predicted molar refractivity (Wildman–Crippen MR) is 98.4 cm³/mol. The molecular formula is C20H24N2O5. The van der Waals surface area contributed by atoms with Crippen LogP contribution in [0.4, 0.5) is 0 Å². The van der Waals surface area contributed by atoms with Gasteiger partial charge in [0.1, 0.15) is 5.75 Å². The molecule has 2 aliphatic rings. The molecule has 0 unspecified atom stereocenters. The van der Waals surface area contributed by atoms with Gasteiger partial charge < -0.3 is 19.3 Å². The molecule has 3 rings (SSSR count). The van der Waals surface area contributed by atoms with Gasteiger partial charge in [0, 0.05) is 44.7 Å². The summed E-state index contributed by atoms with van der Waals surface area (Å²) in [5.41, 5.74) is 1.60. The van der Waals surface area contributed by atoms with E-state index in [0.29, 0.717) is 50.7 Å². The van der Waals surface area contributed by atoms with Crippen LogP contribution in [0.2, 0.25) is 0 Å². The van der Waals surface area contributed by atoms with Gasteiger partial charge in [-0.2, -0.15) is 0 Å². The zero-order valence-electron chi connectivity index (χ0n) is 15.5. The molecule has 1 aromatic carbocycles. The summed E-state index contributed by atoms with van der Waals surface area (Å²) in [4.78, 5) is 39.7. The van der Waals surface area contributed by atoms with Crippen LogP contribution in [-0.2, 0) is 14.3 Å². The fraction of sp³-hybridized carbons (Fsp3) is 0.450. The van der Waals surface area contributed by atoms with E-state index in [2.05, 4.69) is 0 Å². The van der Waals surface area contributed by atoms with Crippen molar-refractivity contribution in [1.29, 1.82) is 0 Å². The van der Waals surface area contributed by atoms with Crippen LogP contribution in [0.1, 0.15) is 30.1 Å². The van der Waals surface area contributed by atoms with E-state index in [4.69, 9.17) is 9.47 Å². The molecule has 0 aromatic heterocycles. The van der Waals surface area contributed by atoms with Crippen LogP contribution in [0.3, 0.4) is 0 Å². The highest BCUT2D eigenvalue weighted by Gasteiger charge is 2.24. The first kappa shape index (κ1) is 19.1. The number of piperazine rings is 1. The molecule has 27 heavy (non-hydrogen) atoms. The van der Waals surface area contributed by atoms with E-state index >= 15 is 0 Å². The first-order chi connectivity index (χ1) is 13.0. The zero-order valence-corrected chi connectivity index (χ0v) is 15.5. The highest BCUT2D eigenvalue weighted by Crippen LogP contribution is 2.17. The van der Waals surface area contributed by atoms with Gasteiger partial charge in [-0.1, -0.05) is 11.6 Å². The number of nitrogens with zero attached hydrogens (tertiary/aromatic N) is 2. The van der Waals surface area contributed by atoms with Crippen molar-refractivity contribution in [2.75, 3.05) is 39.4 Å². The average Bonchev–Trinajstić information content (AvgIpc) is 2.68. The maximum absolute atomic E-state index is 12.7. The second-order valence-electron chi connectivity index (χ2n) is 6.65. The number of carbonyl (C=O) groups is 3. The Morgan fingerprint density at radius 2 is 1.70 bits per heavy atom. The molecule has 2 aliphatic heterocycles. The summed E-state index contributed by atoms with van der Waals surface area (Å²) >= 11 is 0. The molecule has 0 spiro atoms. The number of hydrogen-bond donors (Lipinski definition) is 0. The third-order valence-electron chi connectivity index (χ3n) is 4.68. The van der Waals surface area contributed by atoms with Crippen molar-refractivity contribution in [1.82, 2.24) is 9.80 Å². The molecule has 0 radical (unpaired) electrons. The number of hydrogen-bond acceptors (Lipinski definition) is 5. The summed E-state index contributed by atoms with van der Waals surface area (Å²) < 4.78 is 10.3. The number of esters is 1. The van der Waals surface area contributed by atoms with E-state index < -0.39 is 5.97 Å². The minimum atomic E-state index is -0.426. The fourth-order valence-corrected chi connectivity index (χ4v) is 3.21. The lowest BCUT2D eigenvalue weighted by molar-refractivity contribution is -0.132. The van der Waals surface area contributed by atoms with E-state index in [0.717, 1.165) is 18.4 Å². The summed E-state index contributed by atoms with van der Waals surface area (Å²) in [7, 11) is 0. The van der Waals surface area contributed by atoms with E-state index in [1.807, 2.05) is 0 Å². The molecule has 2 fully saturated rings. The number of rotatable bonds is 3. The maximum atomic E-state index is 12.7. The molecule has 2 amide bonds. The average molecular weight is 372 g/mol. The molecule has 0 saturated carbocycles. The van der Waals surface area contributed by atoms with Crippen molar-refractivity contribution >= 4 is 17.8 Å². The monoisotopic (exact) mass is 372 g/mol. The molecule has 2 saturated heterocycles. The van der Waals surface area contributed by atoms with Gasteiger partial charge in [0.15, 0.2) is 0 Å². The molecule has 7 heteroatoms. The second-order valence-corrected chi connectivity index (χ2v) is 6.65. The van der Waals surface area contributed by atoms with Gasteiger partial charge in [-0.05, 0) is 31.0 Å². The lowest BCUT2D eigenvalue weighted by Crippen LogP contribution is -2.50. The van der Waals surface area contributed by atoms with E-state index in [1.54, 1.807) is 40.1 Å². The number of amides is 2. The Labute approximate surface area is 158 Å². The molecule has 144 valence electrons. The standard InChI is InChI=1S/C20H24N2O5/c1-15(23)27-18-4-2-3-17(14-18)20(25)22-9-7-21(8-10-22)19(24)13-16-5-11-26-12-6-16/h2-4,13-14H,5-12H2,1H3. The Kier molecular flexibility index (Phi) is 6.24. The smallest absolute Gasteiger partial charge is 0.308 e. The van der Waals surface area contributed by atoms with E-state index in [9.17, 15) is 14.4 Å². The highest BCUT2D eigenvalue weighted by molar-refractivity contribution is 5.95. The van der Waals surface area contributed by atoms with Crippen molar-refractivity contribution in [3.05, 3.63) is 41.5 Å². The molecule has 0 atom stereocenters. The number of ether oxygens (including phenoxy) is 2. The summed E-state index contributed by atoms with van der Waals surface area (Å²) in [6, 6.07) is 6.59. The lowest BCUT2D eigenvalue weighted by atomic mass is 10.1. The molecule has 2 heterocycles. The summed E-state index contributed by atoms with van der Waals surface area (Å²) in [6.07, 6.45) is 3.34. The SMILES string of the molecule is CC(=O)Oc1cccc(C(=O)N2CCN(C(=O)C=C3CCOCC3)CC2)c1. The third kappa shape index (κ3) is 5.17. The largest absolute Gasteiger partial charge is 0.427 e. The van der Waals surface area contributed by atoms with Gasteiger partial charge in [-0.15, -0.1) is 0 Å². The van der Waals surface area contributed by atoms with Gasteiger partial charge in [-0.3, -0.25) is 14.4 Å².